The van der Waals surface area contributed by atoms with Gasteiger partial charge in [0, 0.05) is 5.92 Å². The molecule has 4 aliphatic rings. The minimum atomic E-state index is -2.06. The maximum Gasteiger partial charge on any atom is 0.342 e. The molecule has 0 amide bonds. The quantitative estimate of drug-likeness (QED) is 0.383. The molecule has 0 radical (unpaired) electrons. The second-order valence-electron chi connectivity index (χ2n) is 11.5. The standard InChI is InChI=1S/C28H36O7/c1-14-12-27-15(2)10-19-21(26(19,3)4)18(23(27)31)11-16(13-29)22(30)28(27,33)24(14)35-25(32)17-8-6-7-9-20(17)34-5/h6-9,11-12,15,18-19,21-24,29-31,33H,10,13H2,1-5H3/t15-,18+,19-,21+,22-,23?,24+,27+,28+/m1/s1. The van der Waals surface area contributed by atoms with Crippen molar-refractivity contribution in [2.24, 2.45) is 34.5 Å². The molecule has 2 fully saturated rings. The fourth-order valence-electron chi connectivity index (χ4n) is 7.89. The predicted molar refractivity (Wildman–Crippen MR) is 129 cm³/mol. The molecular formula is C28H36O7. The molecule has 0 aromatic heterocycles. The summed E-state index contributed by atoms with van der Waals surface area (Å²) in [6.07, 6.45) is 0.577. The second kappa shape index (κ2) is 7.90. The van der Waals surface area contributed by atoms with E-state index in [1.807, 2.05) is 13.0 Å². The van der Waals surface area contributed by atoms with Crippen molar-refractivity contribution in [1.82, 2.24) is 0 Å². The molecule has 2 saturated carbocycles. The smallest absolute Gasteiger partial charge is 0.342 e. The van der Waals surface area contributed by atoms with Crippen molar-refractivity contribution in [3.8, 4) is 5.75 Å². The van der Waals surface area contributed by atoms with Crippen LogP contribution in [0.25, 0.3) is 0 Å². The fourth-order valence-corrected chi connectivity index (χ4v) is 7.89. The van der Waals surface area contributed by atoms with Crippen LogP contribution in [0.4, 0.5) is 0 Å². The highest BCUT2D eigenvalue weighted by Gasteiger charge is 2.76. The third-order valence-corrected chi connectivity index (χ3v) is 9.71. The van der Waals surface area contributed by atoms with Gasteiger partial charge in [-0.25, -0.2) is 4.79 Å². The molecule has 4 N–H and O–H groups in total. The number of carbonyl (C=O) groups is 1. The number of benzene rings is 1. The van der Waals surface area contributed by atoms with E-state index in [-0.39, 0.29) is 34.3 Å². The summed E-state index contributed by atoms with van der Waals surface area (Å²) in [5.41, 5.74) is -2.30. The van der Waals surface area contributed by atoms with E-state index in [1.54, 1.807) is 37.3 Å². The van der Waals surface area contributed by atoms with Crippen molar-refractivity contribution >= 4 is 5.97 Å². The highest BCUT2D eigenvalue weighted by molar-refractivity contribution is 5.92. The molecule has 35 heavy (non-hydrogen) atoms. The molecule has 9 atom stereocenters. The van der Waals surface area contributed by atoms with Gasteiger partial charge in [0.1, 0.15) is 23.0 Å². The van der Waals surface area contributed by atoms with E-state index in [0.717, 1.165) is 6.42 Å². The van der Waals surface area contributed by atoms with Crippen LogP contribution < -0.4 is 4.74 Å². The van der Waals surface area contributed by atoms with E-state index in [2.05, 4.69) is 13.8 Å². The van der Waals surface area contributed by atoms with Crippen molar-refractivity contribution in [2.75, 3.05) is 13.7 Å². The highest BCUT2D eigenvalue weighted by Crippen LogP contribution is 2.72. The van der Waals surface area contributed by atoms with Crippen molar-refractivity contribution in [2.45, 2.75) is 58.0 Å². The van der Waals surface area contributed by atoms with Crippen LogP contribution in [0.2, 0.25) is 0 Å². The summed E-state index contributed by atoms with van der Waals surface area (Å²) < 4.78 is 11.2. The van der Waals surface area contributed by atoms with Crippen molar-refractivity contribution < 1.29 is 34.7 Å². The number of aliphatic hydroxyl groups is 4. The number of hydrogen-bond acceptors (Lipinski definition) is 7. The van der Waals surface area contributed by atoms with Crippen LogP contribution in [-0.2, 0) is 4.74 Å². The first kappa shape index (κ1) is 24.5. The van der Waals surface area contributed by atoms with Crippen LogP contribution in [0.3, 0.4) is 0 Å². The molecule has 7 heteroatoms. The summed E-state index contributed by atoms with van der Waals surface area (Å²) in [5.74, 6) is -0.420. The Kier molecular flexibility index (Phi) is 5.53. The molecule has 0 saturated heterocycles. The molecule has 4 aliphatic carbocycles. The maximum absolute atomic E-state index is 13.3. The summed E-state index contributed by atoms with van der Waals surface area (Å²) in [5, 5.41) is 46.3. The average molecular weight is 485 g/mol. The molecule has 5 rings (SSSR count). The largest absolute Gasteiger partial charge is 0.496 e. The third kappa shape index (κ3) is 3.02. The van der Waals surface area contributed by atoms with E-state index in [9.17, 15) is 25.2 Å². The maximum atomic E-state index is 13.3. The van der Waals surface area contributed by atoms with Crippen LogP contribution >= 0.6 is 0 Å². The average Bonchev–Trinajstić information content (AvgIpc) is 3.32. The minimum absolute atomic E-state index is 0.0130. The fraction of sp³-hybridized carbons (Fsp3) is 0.607. The predicted octanol–water partition coefficient (Wildman–Crippen LogP) is 2.48. The van der Waals surface area contributed by atoms with Crippen LogP contribution in [0.5, 0.6) is 5.75 Å². The summed E-state index contributed by atoms with van der Waals surface area (Å²) >= 11 is 0. The number of ether oxygens (including phenoxy) is 2. The van der Waals surface area contributed by atoms with Crippen LogP contribution in [-0.4, -0.2) is 64.0 Å². The minimum Gasteiger partial charge on any atom is -0.496 e. The number of fused-ring (bicyclic) bond motifs is 3. The first-order valence-electron chi connectivity index (χ1n) is 12.4. The van der Waals surface area contributed by atoms with Gasteiger partial charge in [-0.2, -0.15) is 0 Å². The first-order chi connectivity index (χ1) is 16.5. The van der Waals surface area contributed by atoms with Gasteiger partial charge in [-0.05, 0) is 59.8 Å². The molecule has 1 unspecified atom stereocenters. The van der Waals surface area contributed by atoms with Crippen molar-refractivity contribution in [1.29, 1.82) is 0 Å². The van der Waals surface area contributed by atoms with E-state index in [1.165, 1.54) is 7.11 Å². The topological polar surface area (TPSA) is 116 Å². The number of carbonyl (C=O) groups excluding carboxylic acids is 1. The Hall–Kier alpha value is -2.19. The van der Waals surface area contributed by atoms with Crippen molar-refractivity contribution in [3.05, 3.63) is 53.1 Å². The Bertz CT molecular complexity index is 1110. The second-order valence-corrected chi connectivity index (χ2v) is 11.5. The van der Waals surface area contributed by atoms with Crippen LogP contribution in [0.1, 0.15) is 44.5 Å². The van der Waals surface area contributed by atoms with Crippen LogP contribution in [0.15, 0.2) is 47.6 Å². The van der Waals surface area contributed by atoms with Crippen LogP contribution in [0, 0.1) is 34.5 Å². The van der Waals surface area contributed by atoms with E-state index < -0.39 is 41.9 Å². The first-order valence-corrected chi connectivity index (χ1v) is 12.4. The lowest BCUT2D eigenvalue weighted by Gasteiger charge is -2.52. The van der Waals surface area contributed by atoms with Gasteiger partial charge in [-0.3, -0.25) is 0 Å². The molecule has 0 heterocycles. The van der Waals surface area contributed by atoms with E-state index >= 15 is 0 Å². The van der Waals surface area contributed by atoms with Gasteiger partial charge in [0.15, 0.2) is 6.10 Å². The molecule has 1 aromatic carbocycles. The lowest BCUT2D eigenvalue weighted by Crippen LogP contribution is -2.66. The monoisotopic (exact) mass is 484 g/mol. The zero-order chi connectivity index (χ0) is 25.5. The lowest BCUT2D eigenvalue weighted by molar-refractivity contribution is -0.215. The summed E-state index contributed by atoms with van der Waals surface area (Å²) in [6.45, 7) is 7.65. The molecule has 1 spiro atoms. The molecular weight excluding hydrogens is 448 g/mol. The van der Waals surface area contributed by atoms with Gasteiger partial charge < -0.3 is 29.9 Å². The number of rotatable bonds is 4. The number of methoxy groups -OCH3 is 1. The zero-order valence-electron chi connectivity index (χ0n) is 20.9. The number of esters is 1. The van der Waals surface area contributed by atoms with E-state index in [4.69, 9.17) is 9.47 Å². The normalized spacial score (nSPS) is 43.1. The molecule has 7 nitrogen and oxygen atoms in total. The van der Waals surface area contributed by atoms with Gasteiger partial charge in [-0.1, -0.05) is 45.1 Å². The molecule has 1 aromatic rings. The lowest BCUT2D eigenvalue weighted by atomic mass is 9.58. The Balaban J connectivity index is 1.63. The van der Waals surface area contributed by atoms with Gasteiger partial charge in [0.2, 0.25) is 0 Å². The van der Waals surface area contributed by atoms with Gasteiger partial charge in [0.25, 0.3) is 0 Å². The molecule has 2 bridgehead atoms. The van der Waals surface area contributed by atoms with E-state index in [0.29, 0.717) is 17.2 Å². The summed E-state index contributed by atoms with van der Waals surface area (Å²) in [6, 6.07) is 6.65. The third-order valence-electron chi connectivity index (χ3n) is 9.71. The Morgan fingerprint density at radius 3 is 2.54 bits per heavy atom. The van der Waals surface area contributed by atoms with Gasteiger partial charge in [-0.15, -0.1) is 0 Å². The molecule has 190 valence electrons. The summed E-state index contributed by atoms with van der Waals surface area (Å²) in [4.78, 5) is 13.3. The zero-order valence-corrected chi connectivity index (χ0v) is 20.9. The van der Waals surface area contributed by atoms with Gasteiger partial charge in [0.05, 0.1) is 25.2 Å². The Morgan fingerprint density at radius 1 is 1.20 bits per heavy atom. The summed E-state index contributed by atoms with van der Waals surface area (Å²) in [7, 11) is 1.46. The number of aliphatic hydroxyl groups excluding tert-OH is 3. The number of hydrogen-bond donors (Lipinski definition) is 4. The SMILES string of the molecule is COc1ccccc1C(=O)O[C@H]1C(C)=C[C@]23C(O)[C@@H](C=C(CO)[C@@H](O)[C@]12O)[C@H]1[C@@H](C[C@H]3C)C1(C)C. The number of para-hydroxylation sites is 1. The Labute approximate surface area is 206 Å². The van der Waals surface area contributed by atoms with Crippen molar-refractivity contribution in [3.63, 3.8) is 0 Å². The molecule has 0 aliphatic heterocycles. The Morgan fingerprint density at radius 2 is 1.89 bits per heavy atom. The highest BCUT2D eigenvalue weighted by atomic mass is 16.6. The van der Waals surface area contributed by atoms with Gasteiger partial charge >= 0.3 is 5.97 Å².